The molecule has 2 unspecified atom stereocenters. The zero-order valence-electron chi connectivity index (χ0n) is 11.1. The SMILES string of the molecule is NC1CCNC(Cc2ccc3c(c2)CCCC3)C1. The van der Waals surface area contributed by atoms with Crippen molar-refractivity contribution in [2.75, 3.05) is 6.54 Å². The predicted octanol–water partition coefficient (Wildman–Crippen LogP) is 2.19. The molecule has 0 radical (unpaired) electrons. The highest BCUT2D eigenvalue weighted by Crippen LogP contribution is 2.23. The fraction of sp³-hybridized carbons (Fsp3) is 0.625. The van der Waals surface area contributed by atoms with E-state index in [0.29, 0.717) is 12.1 Å². The third-order valence-electron chi connectivity index (χ3n) is 4.43. The number of fused-ring (bicyclic) bond motifs is 1. The first-order valence-electron chi connectivity index (χ1n) is 7.41. The van der Waals surface area contributed by atoms with E-state index in [4.69, 9.17) is 5.73 Å². The summed E-state index contributed by atoms with van der Waals surface area (Å²) in [4.78, 5) is 0. The van der Waals surface area contributed by atoms with Crippen LogP contribution in [0.25, 0.3) is 0 Å². The van der Waals surface area contributed by atoms with E-state index in [1.54, 1.807) is 11.1 Å². The number of nitrogens with one attached hydrogen (secondary N) is 1. The van der Waals surface area contributed by atoms with Crippen molar-refractivity contribution in [3.63, 3.8) is 0 Å². The van der Waals surface area contributed by atoms with E-state index >= 15 is 0 Å². The lowest BCUT2D eigenvalue weighted by atomic mass is 9.88. The second kappa shape index (κ2) is 5.41. The summed E-state index contributed by atoms with van der Waals surface area (Å²) in [6, 6.07) is 8.10. The van der Waals surface area contributed by atoms with Crippen LogP contribution in [0, 0.1) is 0 Å². The van der Waals surface area contributed by atoms with Crippen LogP contribution in [0.3, 0.4) is 0 Å². The van der Waals surface area contributed by atoms with Gasteiger partial charge >= 0.3 is 0 Å². The number of benzene rings is 1. The Labute approximate surface area is 110 Å². The molecule has 1 aliphatic carbocycles. The van der Waals surface area contributed by atoms with Crippen molar-refractivity contribution in [3.05, 3.63) is 34.9 Å². The molecule has 1 aromatic rings. The van der Waals surface area contributed by atoms with Gasteiger partial charge in [0.15, 0.2) is 0 Å². The van der Waals surface area contributed by atoms with Crippen LogP contribution in [-0.4, -0.2) is 18.6 Å². The summed E-state index contributed by atoms with van der Waals surface area (Å²) in [5.41, 5.74) is 10.7. The van der Waals surface area contributed by atoms with Crippen molar-refractivity contribution in [1.82, 2.24) is 5.32 Å². The van der Waals surface area contributed by atoms with Crippen molar-refractivity contribution in [3.8, 4) is 0 Å². The van der Waals surface area contributed by atoms with Crippen molar-refractivity contribution in [2.24, 2.45) is 5.73 Å². The number of hydrogen-bond acceptors (Lipinski definition) is 2. The second-order valence-corrected chi connectivity index (χ2v) is 5.95. The molecule has 2 atom stereocenters. The Morgan fingerprint density at radius 1 is 1.17 bits per heavy atom. The molecule has 1 fully saturated rings. The van der Waals surface area contributed by atoms with E-state index in [1.807, 2.05) is 0 Å². The first-order chi connectivity index (χ1) is 8.81. The van der Waals surface area contributed by atoms with Crippen LogP contribution in [-0.2, 0) is 19.3 Å². The molecule has 1 aliphatic heterocycles. The maximum absolute atomic E-state index is 6.05. The molecule has 0 amide bonds. The molecule has 2 aliphatic rings. The van der Waals surface area contributed by atoms with E-state index in [0.717, 1.165) is 25.8 Å². The van der Waals surface area contributed by atoms with Gasteiger partial charge in [-0.15, -0.1) is 0 Å². The molecule has 0 spiro atoms. The number of rotatable bonds is 2. The van der Waals surface area contributed by atoms with Gasteiger partial charge in [0, 0.05) is 12.1 Å². The average Bonchev–Trinajstić information content (AvgIpc) is 2.39. The van der Waals surface area contributed by atoms with Crippen LogP contribution in [0.2, 0.25) is 0 Å². The third-order valence-corrected chi connectivity index (χ3v) is 4.43. The topological polar surface area (TPSA) is 38.0 Å². The minimum Gasteiger partial charge on any atom is -0.328 e. The smallest absolute Gasteiger partial charge is 0.0122 e. The fourth-order valence-corrected chi connectivity index (χ4v) is 3.39. The van der Waals surface area contributed by atoms with Gasteiger partial charge < -0.3 is 11.1 Å². The minimum absolute atomic E-state index is 0.397. The molecule has 2 heteroatoms. The highest BCUT2D eigenvalue weighted by atomic mass is 14.9. The Morgan fingerprint density at radius 3 is 2.83 bits per heavy atom. The van der Waals surface area contributed by atoms with Crippen LogP contribution in [0.1, 0.15) is 42.4 Å². The summed E-state index contributed by atoms with van der Waals surface area (Å²) in [6.45, 7) is 1.08. The second-order valence-electron chi connectivity index (χ2n) is 5.95. The van der Waals surface area contributed by atoms with Gasteiger partial charge in [-0.1, -0.05) is 18.2 Å². The molecule has 0 saturated carbocycles. The van der Waals surface area contributed by atoms with Crippen molar-refractivity contribution in [2.45, 2.75) is 57.0 Å². The Hall–Kier alpha value is -0.860. The van der Waals surface area contributed by atoms with E-state index < -0.39 is 0 Å². The molecule has 0 bridgehead atoms. The Balaban J connectivity index is 1.69. The van der Waals surface area contributed by atoms with Gasteiger partial charge in [-0.3, -0.25) is 0 Å². The summed E-state index contributed by atoms with van der Waals surface area (Å²) in [5.74, 6) is 0. The number of hydrogen-bond donors (Lipinski definition) is 2. The molecule has 1 saturated heterocycles. The van der Waals surface area contributed by atoms with Crippen molar-refractivity contribution < 1.29 is 0 Å². The molecule has 1 heterocycles. The van der Waals surface area contributed by atoms with Crippen molar-refractivity contribution in [1.29, 1.82) is 0 Å². The lowest BCUT2D eigenvalue weighted by Gasteiger charge is -2.28. The normalized spacial score (nSPS) is 27.8. The highest BCUT2D eigenvalue weighted by Gasteiger charge is 2.19. The van der Waals surface area contributed by atoms with E-state index in [9.17, 15) is 0 Å². The van der Waals surface area contributed by atoms with Crippen molar-refractivity contribution >= 4 is 0 Å². The molecule has 0 aromatic heterocycles. The summed E-state index contributed by atoms with van der Waals surface area (Å²) < 4.78 is 0. The lowest BCUT2D eigenvalue weighted by Crippen LogP contribution is -2.44. The third kappa shape index (κ3) is 2.76. The number of piperidine rings is 1. The van der Waals surface area contributed by atoms with Crippen LogP contribution in [0.15, 0.2) is 18.2 Å². The fourth-order valence-electron chi connectivity index (χ4n) is 3.39. The van der Waals surface area contributed by atoms with E-state index in [2.05, 4.69) is 23.5 Å². The van der Waals surface area contributed by atoms with Crippen LogP contribution in [0.5, 0.6) is 0 Å². The van der Waals surface area contributed by atoms with Gasteiger partial charge in [0.25, 0.3) is 0 Å². The molecular formula is C16H24N2. The lowest BCUT2D eigenvalue weighted by molar-refractivity contribution is 0.360. The standard InChI is InChI=1S/C16H24N2/c17-15-7-8-18-16(11-15)10-12-5-6-13-3-1-2-4-14(13)9-12/h5-6,9,15-16,18H,1-4,7-8,10-11,17H2. The predicted molar refractivity (Wildman–Crippen MR) is 75.8 cm³/mol. The maximum Gasteiger partial charge on any atom is 0.0122 e. The van der Waals surface area contributed by atoms with Gasteiger partial charge in [0.05, 0.1) is 0 Å². The van der Waals surface area contributed by atoms with Gasteiger partial charge in [0.2, 0.25) is 0 Å². The first-order valence-corrected chi connectivity index (χ1v) is 7.41. The van der Waals surface area contributed by atoms with Gasteiger partial charge in [-0.05, 0) is 68.2 Å². The number of nitrogens with two attached hydrogens (primary N) is 1. The zero-order valence-corrected chi connectivity index (χ0v) is 11.1. The maximum atomic E-state index is 6.05. The zero-order chi connectivity index (χ0) is 12.4. The van der Waals surface area contributed by atoms with Gasteiger partial charge in [-0.25, -0.2) is 0 Å². The molecule has 3 rings (SSSR count). The molecule has 1 aromatic carbocycles. The largest absolute Gasteiger partial charge is 0.328 e. The van der Waals surface area contributed by atoms with Crippen LogP contribution < -0.4 is 11.1 Å². The van der Waals surface area contributed by atoms with Crippen LogP contribution >= 0.6 is 0 Å². The minimum atomic E-state index is 0.397. The molecule has 18 heavy (non-hydrogen) atoms. The highest BCUT2D eigenvalue weighted by molar-refractivity contribution is 5.34. The van der Waals surface area contributed by atoms with E-state index in [1.165, 1.54) is 31.2 Å². The summed E-state index contributed by atoms with van der Waals surface area (Å²) >= 11 is 0. The molecule has 3 N–H and O–H groups in total. The molecular weight excluding hydrogens is 220 g/mol. The quantitative estimate of drug-likeness (QED) is 0.837. The summed E-state index contributed by atoms with van der Waals surface area (Å²) in [6.07, 6.45) is 8.68. The Bertz CT molecular complexity index is 414. The van der Waals surface area contributed by atoms with Crippen LogP contribution in [0.4, 0.5) is 0 Å². The van der Waals surface area contributed by atoms with E-state index in [-0.39, 0.29) is 0 Å². The summed E-state index contributed by atoms with van der Waals surface area (Å²) in [7, 11) is 0. The van der Waals surface area contributed by atoms with Gasteiger partial charge in [-0.2, -0.15) is 0 Å². The Morgan fingerprint density at radius 2 is 2.00 bits per heavy atom. The molecule has 2 nitrogen and oxygen atoms in total. The Kier molecular flexibility index (Phi) is 3.67. The van der Waals surface area contributed by atoms with Gasteiger partial charge in [0.1, 0.15) is 0 Å². The molecule has 98 valence electrons. The first kappa shape index (κ1) is 12.2. The average molecular weight is 244 g/mol. The number of aryl methyl sites for hydroxylation is 2. The monoisotopic (exact) mass is 244 g/mol. The summed E-state index contributed by atoms with van der Waals surface area (Å²) in [5, 5.41) is 3.60.